The van der Waals surface area contributed by atoms with Crippen molar-refractivity contribution in [3.05, 3.63) is 197 Å². The first-order chi connectivity index (χ1) is 27.6. The number of benzene rings is 8. The van der Waals surface area contributed by atoms with Crippen molar-refractivity contribution in [3.8, 4) is 55.6 Å². The molecule has 56 heavy (non-hydrogen) atoms. The molecular weight excluding hydrogens is 695 g/mol. The predicted molar refractivity (Wildman–Crippen MR) is 238 cm³/mol. The van der Waals surface area contributed by atoms with E-state index in [-0.39, 0.29) is 5.41 Å². The van der Waals surface area contributed by atoms with Gasteiger partial charge in [0.1, 0.15) is 0 Å². The van der Waals surface area contributed by atoms with Gasteiger partial charge in [0.2, 0.25) is 0 Å². The third-order valence-electron chi connectivity index (χ3n) is 12.6. The van der Waals surface area contributed by atoms with Gasteiger partial charge in [-0.05, 0) is 108 Å². The summed E-state index contributed by atoms with van der Waals surface area (Å²) in [5.41, 5.74) is 18.9. The van der Waals surface area contributed by atoms with Crippen molar-refractivity contribution in [2.45, 2.75) is 44.4 Å². The molecule has 1 heterocycles. The first-order valence-electron chi connectivity index (χ1n) is 20.1. The van der Waals surface area contributed by atoms with E-state index >= 15 is 0 Å². The molecule has 0 bridgehead atoms. The third-order valence-corrected chi connectivity index (χ3v) is 13.8. The van der Waals surface area contributed by atoms with Crippen LogP contribution in [0.3, 0.4) is 0 Å². The van der Waals surface area contributed by atoms with Crippen molar-refractivity contribution < 1.29 is 0 Å². The van der Waals surface area contributed by atoms with Gasteiger partial charge in [0.25, 0.3) is 0 Å². The van der Waals surface area contributed by atoms with E-state index in [1.807, 2.05) is 11.3 Å². The lowest BCUT2D eigenvalue weighted by molar-refractivity contribution is 0.622. The van der Waals surface area contributed by atoms with Crippen molar-refractivity contribution in [1.29, 1.82) is 0 Å². The number of aromatic nitrogens is 1. The zero-order valence-corrected chi connectivity index (χ0v) is 32.5. The summed E-state index contributed by atoms with van der Waals surface area (Å²) in [4.78, 5) is 5.47. The zero-order chi connectivity index (χ0) is 37.4. The van der Waals surface area contributed by atoms with Gasteiger partial charge in [0.15, 0.2) is 0 Å². The molecule has 0 radical (unpaired) electrons. The Balaban J connectivity index is 1.11. The average Bonchev–Trinajstić information content (AvgIpc) is 3.92. The summed E-state index contributed by atoms with van der Waals surface area (Å²) in [5.74, 6) is 0.424. The first kappa shape index (κ1) is 33.3. The van der Waals surface area contributed by atoms with Gasteiger partial charge in [-0.3, -0.25) is 0 Å². The summed E-state index contributed by atoms with van der Waals surface area (Å²) in [6.07, 6.45) is 3.58. The second-order valence-corrected chi connectivity index (χ2v) is 16.8. The van der Waals surface area contributed by atoms with Crippen LogP contribution in [-0.2, 0) is 5.41 Å². The van der Waals surface area contributed by atoms with E-state index in [4.69, 9.17) is 4.98 Å². The van der Waals surface area contributed by atoms with Crippen LogP contribution in [0, 0.1) is 0 Å². The van der Waals surface area contributed by atoms with Crippen LogP contribution in [0.25, 0.3) is 76.6 Å². The Labute approximate surface area is 333 Å². The van der Waals surface area contributed by atoms with E-state index in [0.29, 0.717) is 5.92 Å². The van der Waals surface area contributed by atoms with E-state index < -0.39 is 0 Å². The highest BCUT2D eigenvalue weighted by Crippen LogP contribution is 2.63. The topological polar surface area (TPSA) is 12.9 Å². The van der Waals surface area contributed by atoms with Crippen molar-refractivity contribution in [2.24, 2.45) is 0 Å². The molecule has 0 saturated heterocycles. The number of fused-ring (bicyclic) bond motifs is 12. The van der Waals surface area contributed by atoms with Crippen LogP contribution in [0.5, 0.6) is 0 Å². The molecule has 8 aromatic carbocycles. The van der Waals surface area contributed by atoms with Crippen molar-refractivity contribution in [3.63, 3.8) is 0 Å². The maximum atomic E-state index is 5.47. The van der Waals surface area contributed by atoms with Crippen LogP contribution in [0.1, 0.15) is 66.3 Å². The SMILES string of the molecule is CCCCC(C)c1nc2c(-c3ccc4c(c3)C3(c5ccccc5-c5ccccc53)c3ccccc3-4)cc(-c3ccc(-c4cccc5ccccc45)cc3)cc2s1. The van der Waals surface area contributed by atoms with E-state index in [2.05, 4.69) is 184 Å². The number of thiazole rings is 1. The molecule has 0 aliphatic heterocycles. The Morgan fingerprint density at radius 1 is 0.500 bits per heavy atom. The van der Waals surface area contributed by atoms with E-state index in [0.717, 1.165) is 11.9 Å². The van der Waals surface area contributed by atoms with Gasteiger partial charge < -0.3 is 0 Å². The monoisotopic (exact) mass is 735 g/mol. The smallest absolute Gasteiger partial charge is 0.0967 e. The van der Waals surface area contributed by atoms with E-state index in [1.165, 1.54) is 111 Å². The summed E-state index contributed by atoms with van der Waals surface area (Å²) < 4.78 is 1.25. The number of unbranched alkanes of at least 4 members (excludes halogenated alkanes) is 1. The second kappa shape index (κ2) is 13.0. The van der Waals surface area contributed by atoms with Crippen LogP contribution in [0.2, 0.25) is 0 Å². The van der Waals surface area contributed by atoms with Crippen LogP contribution in [0.15, 0.2) is 170 Å². The number of hydrogen-bond acceptors (Lipinski definition) is 2. The van der Waals surface area contributed by atoms with Gasteiger partial charge in [-0.1, -0.05) is 178 Å². The van der Waals surface area contributed by atoms with Crippen LogP contribution in [-0.4, -0.2) is 4.98 Å². The Morgan fingerprint density at radius 3 is 1.77 bits per heavy atom. The van der Waals surface area contributed by atoms with Crippen LogP contribution >= 0.6 is 11.3 Å². The quantitative estimate of drug-likeness (QED) is 0.159. The molecule has 0 saturated carbocycles. The van der Waals surface area contributed by atoms with Crippen molar-refractivity contribution >= 4 is 32.3 Å². The molecule has 0 amide bonds. The third kappa shape index (κ3) is 4.88. The molecule has 0 N–H and O–H groups in total. The highest BCUT2D eigenvalue weighted by Gasteiger charge is 2.51. The molecule has 11 rings (SSSR count). The zero-order valence-electron chi connectivity index (χ0n) is 31.7. The second-order valence-electron chi connectivity index (χ2n) is 15.7. The minimum absolute atomic E-state index is 0.384. The van der Waals surface area contributed by atoms with Gasteiger partial charge in [-0.25, -0.2) is 4.98 Å². The fourth-order valence-corrected chi connectivity index (χ4v) is 11.0. The van der Waals surface area contributed by atoms with E-state index in [9.17, 15) is 0 Å². The molecule has 9 aromatic rings. The van der Waals surface area contributed by atoms with Gasteiger partial charge in [-0.2, -0.15) is 0 Å². The summed E-state index contributed by atoms with van der Waals surface area (Å²) in [5, 5.41) is 3.79. The minimum Gasteiger partial charge on any atom is -0.240 e. The minimum atomic E-state index is -0.384. The van der Waals surface area contributed by atoms with Gasteiger partial charge in [-0.15, -0.1) is 11.3 Å². The number of nitrogens with zero attached hydrogens (tertiary/aromatic N) is 1. The highest BCUT2D eigenvalue weighted by atomic mass is 32.1. The molecule has 1 unspecified atom stereocenters. The fraction of sp³-hybridized carbons (Fsp3) is 0.130. The maximum Gasteiger partial charge on any atom is 0.0967 e. The van der Waals surface area contributed by atoms with E-state index in [1.54, 1.807) is 0 Å². The largest absolute Gasteiger partial charge is 0.240 e. The number of hydrogen-bond donors (Lipinski definition) is 0. The Hall–Kier alpha value is -6.09. The molecule has 0 fully saturated rings. The lowest BCUT2D eigenvalue weighted by Gasteiger charge is -2.30. The molecule has 1 nitrogen and oxygen atoms in total. The molecule has 2 aliphatic rings. The Kier molecular flexibility index (Phi) is 7.73. The van der Waals surface area contributed by atoms with Gasteiger partial charge in [0, 0.05) is 11.5 Å². The fourth-order valence-electron chi connectivity index (χ4n) is 9.86. The maximum absolute atomic E-state index is 5.47. The summed E-state index contributed by atoms with van der Waals surface area (Å²) in [7, 11) is 0. The average molecular weight is 736 g/mol. The first-order valence-corrected chi connectivity index (χ1v) is 20.9. The summed E-state index contributed by atoms with van der Waals surface area (Å²) in [6, 6.07) is 63.7. The lowest BCUT2D eigenvalue weighted by Crippen LogP contribution is -2.25. The summed E-state index contributed by atoms with van der Waals surface area (Å²) >= 11 is 1.88. The highest BCUT2D eigenvalue weighted by molar-refractivity contribution is 7.18. The molecule has 1 aromatic heterocycles. The van der Waals surface area contributed by atoms with Gasteiger partial charge >= 0.3 is 0 Å². The van der Waals surface area contributed by atoms with Gasteiger partial charge in [0.05, 0.1) is 20.6 Å². The normalized spacial score (nSPS) is 13.8. The number of rotatable bonds is 7. The molecule has 1 spiro atoms. The molecule has 2 heteroatoms. The van der Waals surface area contributed by atoms with Crippen molar-refractivity contribution in [2.75, 3.05) is 0 Å². The van der Waals surface area contributed by atoms with Crippen LogP contribution < -0.4 is 0 Å². The van der Waals surface area contributed by atoms with Crippen molar-refractivity contribution in [1.82, 2.24) is 4.98 Å². The summed E-state index contributed by atoms with van der Waals surface area (Å²) in [6.45, 7) is 4.63. The standard InChI is InChI=1S/C54H41NS/c1-3-4-14-34(2)53-55-52-46(31-39(33-51(52)56-53)35-25-27-37(28-26-35)41-21-13-16-36-15-5-6-17-40(36)41)38-29-30-45-44-20-9-12-24-49(44)54(50(45)32-38)47-22-10-7-18-42(47)43-19-8-11-23-48(43)54/h5-13,15-34H,3-4,14H2,1-2H3. The molecule has 268 valence electrons. The van der Waals surface area contributed by atoms with Crippen LogP contribution in [0.4, 0.5) is 0 Å². The predicted octanol–water partition coefficient (Wildman–Crippen LogP) is 15.1. The molecular formula is C54H41NS. The lowest BCUT2D eigenvalue weighted by atomic mass is 9.70. The Morgan fingerprint density at radius 2 is 1.07 bits per heavy atom. The molecule has 1 atom stereocenters. The molecule has 2 aliphatic carbocycles. The Bertz CT molecular complexity index is 2910.